The summed E-state index contributed by atoms with van der Waals surface area (Å²) in [4.78, 5) is 0. The monoisotopic (exact) mass is 222 g/mol. The summed E-state index contributed by atoms with van der Waals surface area (Å²) in [7, 11) is 0. The Bertz CT molecular complexity index is 41.7. The molecular formula is C7H17Sb. The third-order valence-electron chi connectivity index (χ3n) is 1.08. The van der Waals surface area contributed by atoms with E-state index in [9.17, 15) is 0 Å². The Balaban J connectivity index is 2.72. The van der Waals surface area contributed by atoms with Gasteiger partial charge in [0.05, 0.1) is 0 Å². The molecule has 0 rings (SSSR count). The second kappa shape index (κ2) is 5.95. The van der Waals surface area contributed by atoms with Gasteiger partial charge in [-0.15, -0.1) is 0 Å². The maximum absolute atomic E-state index is 2.36. The summed E-state index contributed by atoms with van der Waals surface area (Å²) in [5.41, 5.74) is 0. The van der Waals surface area contributed by atoms with Gasteiger partial charge in [0, 0.05) is 0 Å². The molecule has 0 spiro atoms. The zero-order chi connectivity index (χ0) is 6.41. The molecule has 0 nitrogen and oxygen atoms in total. The van der Waals surface area contributed by atoms with Crippen molar-refractivity contribution < 1.29 is 0 Å². The van der Waals surface area contributed by atoms with E-state index in [1.54, 1.807) is 4.37 Å². The van der Waals surface area contributed by atoms with Crippen molar-refractivity contribution >= 4 is 21.6 Å². The van der Waals surface area contributed by atoms with Crippen molar-refractivity contribution in [3.8, 4) is 0 Å². The molecule has 0 N–H and O–H groups in total. The molecule has 0 saturated heterocycles. The fourth-order valence-corrected chi connectivity index (χ4v) is 3.81. The van der Waals surface area contributed by atoms with Crippen LogP contribution < -0.4 is 0 Å². The minimum atomic E-state index is 0.0942. The van der Waals surface area contributed by atoms with Crippen LogP contribution in [0.2, 0.25) is 8.23 Å². The van der Waals surface area contributed by atoms with Crippen molar-refractivity contribution in [3.05, 3.63) is 0 Å². The molecule has 0 aliphatic rings. The number of rotatable bonds is 4. The van der Waals surface area contributed by atoms with E-state index in [4.69, 9.17) is 0 Å². The molecule has 0 radical (unpaired) electrons. The van der Waals surface area contributed by atoms with Crippen LogP contribution in [0.5, 0.6) is 0 Å². The molecule has 50 valence electrons. The molecule has 0 amide bonds. The second-order valence-corrected chi connectivity index (χ2v) is 8.35. The summed E-state index contributed by atoms with van der Waals surface area (Å²) in [5.74, 6) is 0. The van der Waals surface area contributed by atoms with E-state index in [2.05, 4.69) is 20.8 Å². The number of hydrogen-bond acceptors (Lipinski definition) is 0. The molecule has 0 bridgehead atoms. The predicted octanol–water partition coefficient (Wildman–Crippen LogP) is 2.47. The predicted molar refractivity (Wildman–Crippen MR) is 42.0 cm³/mol. The van der Waals surface area contributed by atoms with E-state index in [0.29, 0.717) is 0 Å². The second-order valence-electron chi connectivity index (χ2n) is 2.46. The Morgan fingerprint density at radius 3 is 2.38 bits per heavy atom. The molecule has 0 atom stereocenters. The van der Waals surface area contributed by atoms with Crippen LogP contribution >= 0.6 is 0 Å². The van der Waals surface area contributed by atoms with Crippen LogP contribution in [0.15, 0.2) is 0 Å². The summed E-state index contributed by atoms with van der Waals surface area (Å²) >= 11 is 0.0942. The normalized spacial score (nSPS) is 10.5. The van der Waals surface area contributed by atoms with Crippen molar-refractivity contribution in [2.75, 3.05) is 0 Å². The van der Waals surface area contributed by atoms with E-state index in [1.807, 2.05) is 0 Å². The molecular weight excluding hydrogens is 206 g/mol. The molecule has 0 aromatic carbocycles. The van der Waals surface area contributed by atoms with Crippen LogP contribution in [0.1, 0.15) is 33.6 Å². The molecule has 0 aliphatic carbocycles. The van der Waals surface area contributed by atoms with Crippen LogP contribution in [-0.2, 0) is 0 Å². The fraction of sp³-hybridized carbons (Fsp3) is 1.00. The maximum atomic E-state index is 2.36. The van der Waals surface area contributed by atoms with E-state index in [-0.39, 0.29) is 21.6 Å². The van der Waals surface area contributed by atoms with Gasteiger partial charge in [-0.1, -0.05) is 0 Å². The summed E-state index contributed by atoms with van der Waals surface area (Å²) < 4.78 is 2.67. The van der Waals surface area contributed by atoms with Crippen molar-refractivity contribution in [2.24, 2.45) is 0 Å². The third kappa shape index (κ3) is 6.82. The van der Waals surface area contributed by atoms with E-state index in [1.165, 1.54) is 12.8 Å². The minimum absolute atomic E-state index is 0.0942. The van der Waals surface area contributed by atoms with Gasteiger partial charge >= 0.3 is 63.5 Å². The topological polar surface area (TPSA) is 0 Å². The number of hydrogen-bond donors (Lipinski definition) is 0. The molecule has 0 aromatic heterocycles. The summed E-state index contributed by atoms with van der Waals surface area (Å²) in [6, 6.07) is 0. The molecule has 0 aliphatic heterocycles. The van der Waals surface area contributed by atoms with Gasteiger partial charge in [0.15, 0.2) is 0 Å². The fourth-order valence-electron chi connectivity index (χ4n) is 0.568. The van der Waals surface area contributed by atoms with Gasteiger partial charge in [-0.2, -0.15) is 0 Å². The van der Waals surface area contributed by atoms with Gasteiger partial charge < -0.3 is 0 Å². The van der Waals surface area contributed by atoms with E-state index in [0.717, 1.165) is 3.86 Å². The molecule has 0 saturated carbocycles. The average Bonchev–Trinajstić information content (AvgIpc) is 1.66. The quantitative estimate of drug-likeness (QED) is 0.507. The zero-order valence-corrected chi connectivity index (χ0v) is 9.05. The number of unbranched alkanes of at least 4 members (excludes halogenated alkanes) is 1. The summed E-state index contributed by atoms with van der Waals surface area (Å²) in [5, 5.41) is 0. The Morgan fingerprint density at radius 1 is 1.38 bits per heavy atom. The molecule has 1 heteroatoms. The van der Waals surface area contributed by atoms with Gasteiger partial charge in [0.25, 0.3) is 0 Å². The first kappa shape index (κ1) is 8.82. The van der Waals surface area contributed by atoms with Crippen LogP contribution in [0.3, 0.4) is 0 Å². The van der Waals surface area contributed by atoms with Crippen molar-refractivity contribution in [1.29, 1.82) is 0 Å². The Kier molecular flexibility index (Phi) is 6.55. The van der Waals surface area contributed by atoms with Crippen LogP contribution in [0.4, 0.5) is 0 Å². The van der Waals surface area contributed by atoms with Gasteiger partial charge in [-0.25, -0.2) is 0 Å². The Morgan fingerprint density at radius 2 is 2.00 bits per heavy atom. The van der Waals surface area contributed by atoms with Crippen molar-refractivity contribution in [2.45, 2.75) is 41.8 Å². The molecule has 0 unspecified atom stereocenters. The van der Waals surface area contributed by atoms with Gasteiger partial charge in [0.2, 0.25) is 0 Å². The summed E-state index contributed by atoms with van der Waals surface area (Å²) in [6.45, 7) is 7.00. The molecule has 0 heterocycles. The van der Waals surface area contributed by atoms with Gasteiger partial charge in [-0.05, 0) is 0 Å². The van der Waals surface area contributed by atoms with Gasteiger partial charge in [-0.3, -0.25) is 0 Å². The van der Waals surface area contributed by atoms with E-state index < -0.39 is 0 Å². The average molecular weight is 223 g/mol. The Hall–Kier alpha value is 0.818. The first-order valence-electron chi connectivity index (χ1n) is 3.50. The van der Waals surface area contributed by atoms with Crippen LogP contribution in [0.25, 0.3) is 0 Å². The van der Waals surface area contributed by atoms with Gasteiger partial charge in [0.1, 0.15) is 0 Å². The van der Waals surface area contributed by atoms with Crippen molar-refractivity contribution in [1.82, 2.24) is 0 Å². The summed E-state index contributed by atoms with van der Waals surface area (Å²) in [6.07, 6.45) is 2.89. The SMILES string of the molecule is CCC[CH2][SbH][CH](C)C. The van der Waals surface area contributed by atoms with Crippen molar-refractivity contribution in [3.63, 3.8) is 0 Å². The molecule has 8 heavy (non-hydrogen) atoms. The standard InChI is InChI=1S/C4H9.C3H7.Sb.H/c1-3-4-2;1-3-2;;/h1,3-4H2,2H3;3H,1-2H3;;. The van der Waals surface area contributed by atoms with Crippen LogP contribution in [0, 0.1) is 0 Å². The Labute approximate surface area is 63.6 Å². The first-order valence-corrected chi connectivity index (χ1v) is 7.17. The first-order chi connectivity index (χ1) is 3.77. The third-order valence-corrected chi connectivity index (χ3v) is 5.25. The van der Waals surface area contributed by atoms with Crippen LogP contribution in [-0.4, -0.2) is 21.6 Å². The zero-order valence-electron chi connectivity index (χ0n) is 6.20. The van der Waals surface area contributed by atoms with E-state index >= 15 is 0 Å². The molecule has 0 fully saturated rings. The molecule has 0 aromatic rings.